The van der Waals surface area contributed by atoms with E-state index in [0.717, 1.165) is 25.2 Å². The molecule has 0 aliphatic carbocycles. The summed E-state index contributed by atoms with van der Waals surface area (Å²) in [5, 5.41) is 3.24. The van der Waals surface area contributed by atoms with Crippen molar-refractivity contribution in [3.63, 3.8) is 0 Å². The van der Waals surface area contributed by atoms with Crippen molar-refractivity contribution in [2.45, 2.75) is 38.5 Å². The molecule has 4 aliphatic heterocycles. The van der Waals surface area contributed by atoms with Crippen molar-refractivity contribution < 1.29 is 19.0 Å². The minimum atomic E-state index is -0.196. The zero-order chi connectivity index (χ0) is 21.2. The Morgan fingerprint density at radius 2 is 1.94 bits per heavy atom. The summed E-state index contributed by atoms with van der Waals surface area (Å²) in [6, 6.07) is 14.0. The second-order valence-electron chi connectivity index (χ2n) is 8.93. The summed E-state index contributed by atoms with van der Waals surface area (Å²) in [6.07, 6.45) is 2.16. The summed E-state index contributed by atoms with van der Waals surface area (Å²) in [6.45, 7) is 6.76. The van der Waals surface area contributed by atoms with Crippen LogP contribution in [-0.4, -0.2) is 55.8 Å². The zero-order valence-electron chi connectivity index (χ0n) is 18.0. The Labute approximate surface area is 183 Å². The first-order valence-corrected chi connectivity index (χ1v) is 11.2. The summed E-state index contributed by atoms with van der Waals surface area (Å²) in [4.78, 5) is 15.3. The first-order valence-electron chi connectivity index (χ1n) is 11.2. The molecule has 0 radical (unpaired) electrons. The number of carbonyl (C=O) groups is 1. The van der Waals surface area contributed by atoms with Gasteiger partial charge in [-0.25, -0.2) is 0 Å². The van der Waals surface area contributed by atoms with Gasteiger partial charge in [-0.05, 0) is 62.5 Å². The van der Waals surface area contributed by atoms with Gasteiger partial charge in [-0.15, -0.1) is 0 Å². The van der Waals surface area contributed by atoms with E-state index in [9.17, 15) is 4.79 Å². The predicted molar refractivity (Wildman–Crippen MR) is 118 cm³/mol. The number of fused-ring (bicyclic) bond motifs is 4. The molecule has 2 atom stereocenters. The Bertz CT molecular complexity index is 922. The molecule has 3 saturated heterocycles. The van der Waals surface area contributed by atoms with Crippen molar-refractivity contribution in [1.29, 1.82) is 0 Å². The summed E-state index contributed by atoms with van der Waals surface area (Å²) in [5.41, 5.74) is 2.98. The minimum absolute atomic E-state index is 0.0390. The molecule has 6 rings (SSSR count). The zero-order valence-corrected chi connectivity index (χ0v) is 18.0. The van der Waals surface area contributed by atoms with Gasteiger partial charge in [0.05, 0.1) is 13.2 Å². The van der Waals surface area contributed by atoms with E-state index in [1.807, 2.05) is 12.1 Å². The van der Waals surface area contributed by atoms with E-state index in [2.05, 4.69) is 41.4 Å². The van der Waals surface area contributed by atoms with Gasteiger partial charge in [0.25, 0.3) is 5.91 Å². The molecular weight excluding hydrogens is 392 g/mol. The quantitative estimate of drug-likeness (QED) is 0.775. The number of aryl methyl sites for hydroxylation is 1. The Hall–Kier alpha value is -2.57. The highest BCUT2D eigenvalue weighted by molar-refractivity contribution is 5.95. The van der Waals surface area contributed by atoms with Gasteiger partial charge < -0.3 is 24.4 Å². The number of nitrogens with one attached hydrogen (secondary N) is 1. The Morgan fingerprint density at radius 3 is 2.68 bits per heavy atom. The van der Waals surface area contributed by atoms with Crippen LogP contribution in [0, 0.1) is 12.8 Å². The molecule has 3 fully saturated rings. The first-order chi connectivity index (χ1) is 15.1. The molecule has 2 aromatic rings. The van der Waals surface area contributed by atoms with Crippen LogP contribution in [0.25, 0.3) is 0 Å². The number of hydrogen-bond acceptors (Lipinski definition) is 5. The van der Waals surface area contributed by atoms with E-state index in [0.29, 0.717) is 42.8 Å². The molecule has 4 heterocycles. The van der Waals surface area contributed by atoms with Gasteiger partial charge in [0.15, 0.2) is 17.6 Å². The van der Waals surface area contributed by atoms with Gasteiger partial charge in [0, 0.05) is 18.2 Å². The molecule has 6 heteroatoms. The van der Waals surface area contributed by atoms with E-state index in [1.165, 1.54) is 18.4 Å². The first kappa shape index (κ1) is 20.3. The van der Waals surface area contributed by atoms with Crippen molar-refractivity contribution in [3.8, 4) is 11.5 Å². The number of piperidine rings is 3. The Kier molecular flexibility index (Phi) is 5.83. The Morgan fingerprint density at radius 1 is 1.13 bits per heavy atom. The molecule has 1 amide bonds. The third-order valence-corrected chi connectivity index (χ3v) is 6.59. The molecule has 31 heavy (non-hydrogen) atoms. The van der Waals surface area contributed by atoms with Gasteiger partial charge in [-0.1, -0.05) is 29.8 Å². The lowest BCUT2D eigenvalue weighted by Gasteiger charge is -2.44. The number of amides is 1. The van der Waals surface area contributed by atoms with Gasteiger partial charge in [0.1, 0.15) is 6.61 Å². The average molecular weight is 423 g/mol. The van der Waals surface area contributed by atoms with Crippen LogP contribution in [0.2, 0.25) is 0 Å². The fourth-order valence-corrected chi connectivity index (χ4v) is 4.71. The van der Waals surface area contributed by atoms with Crippen LogP contribution in [0.1, 0.15) is 34.3 Å². The molecular formula is C25H30N2O4. The fourth-order valence-electron chi connectivity index (χ4n) is 4.71. The molecule has 1 N–H and O–H groups in total. The topological polar surface area (TPSA) is 60.0 Å². The van der Waals surface area contributed by atoms with Crippen molar-refractivity contribution in [2.24, 2.45) is 5.92 Å². The van der Waals surface area contributed by atoms with Crippen LogP contribution in [-0.2, 0) is 11.3 Å². The maximum atomic E-state index is 12.9. The van der Waals surface area contributed by atoms with Crippen molar-refractivity contribution in [2.75, 3.05) is 32.8 Å². The summed E-state index contributed by atoms with van der Waals surface area (Å²) in [5.74, 6) is 1.84. The lowest BCUT2D eigenvalue weighted by molar-refractivity contribution is 0.00266. The highest BCUT2D eigenvalue weighted by Gasteiger charge is 2.35. The third-order valence-electron chi connectivity index (χ3n) is 6.59. The molecule has 6 nitrogen and oxygen atoms in total. The summed E-state index contributed by atoms with van der Waals surface area (Å²) < 4.78 is 17.7. The molecule has 2 bridgehead atoms. The van der Waals surface area contributed by atoms with Gasteiger partial charge in [-0.2, -0.15) is 0 Å². The maximum absolute atomic E-state index is 12.9. The predicted octanol–water partition coefficient (Wildman–Crippen LogP) is 3.18. The highest BCUT2D eigenvalue weighted by atomic mass is 16.6. The largest absolute Gasteiger partial charge is 0.486 e. The number of rotatable bonds is 6. The van der Waals surface area contributed by atoms with Crippen LogP contribution in [0.4, 0.5) is 0 Å². The van der Waals surface area contributed by atoms with Crippen LogP contribution < -0.4 is 14.8 Å². The second kappa shape index (κ2) is 8.89. The molecule has 2 aromatic carbocycles. The molecule has 0 spiro atoms. The van der Waals surface area contributed by atoms with Crippen LogP contribution in [0.3, 0.4) is 0 Å². The number of nitrogens with zero attached hydrogens (tertiary/aromatic N) is 1. The van der Waals surface area contributed by atoms with E-state index in [-0.39, 0.29) is 18.1 Å². The monoisotopic (exact) mass is 422 g/mol. The van der Waals surface area contributed by atoms with E-state index < -0.39 is 0 Å². The summed E-state index contributed by atoms with van der Waals surface area (Å²) in [7, 11) is 0. The Balaban J connectivity index is 1.16. The fraction of sp³-hybridized carbons (Fsp3) is 0.480. The third kappa shape index (κ3) is 4.70. The van der Waals surface area contributed by atoms with E-state index >= 15 is 0 Å². The second-order valence-corrected chi connectivity index (χ2v) is 8.93. The van der Waals surface area contributed by atoms with Gasteiger partial charge in [-0.3, -0.25) is 4.79 Å². The van der Waals surface area contributed by atoms with Crippen molar-refractivity contribution >= 4 is 5.91 Å². The van der Waals surface area contributed by atoms with E-state index in [1.54, 1.807) is 6.07 Å². The maximum Gasteiger partial charge on any atom is 0.251 e. The standard InChI is InChI=1S/C25H30N2O4/c1-17-2-4-18(5-3-17)14-29-15-21-16-30-23-7-6-20(12-24(23)31-21)25(28)26-22-13-27-10-8-19(22)9-11-27/h2-7,12,19,21-22H,8-11,13-16H2,1H3,(H,26,28)/t21-,22+/m1/s1. The normalized spacial score (nSPS) is 26.5. The molecule has 164 valence electrons. The molecule has 0 saturated carbocycles. The summed E-state index contributed by atoms with van der Waals surface area (Å²) >= 11 is 0. The number of ether oxygens (including phenoxy) is 3. The van der Waals surface area contributed by atoms with Crippen LogP contribution in [0.15, 0.2) is 42.5 Å². The molecule has 0 unspecified atom stereocenters. The van der Waals surface area contributed by atoms with E-state index in [4.69, 9.17) is 14.2 Å². The average Bonchev–Trinajstić information content (AvgIpc) is 2.81. The lowest BCUT2D eigenvalue weighted by Crippen LogP contribution is -2.57. The van der Waals surface area contributed by atoms with Crippen molar-refractivity contribution in [1.82, 2.24) is 10.2 Å². The van der Waals surface area contributed by atoms with Gasteiger partial charge >= 0.3 is 0 Å². The van der Waals surface area contributed by atoms with Gasteiger partial charge in [0.2, 0.25) is 0 Å². The lowest BCUT2D eigenvalue weighted by atomic mass is 9.84. The molecule has 0 aromatic heterocycles. The smallest absolute Gasteiger partial charge is 0.251 e. The number of hydrogen-bond donors (Lipinski definition) is 1. The van der Waals surface area contributed by atoms with Crippen molar-refractivity contribution in [3.05, 3.63) is 59.2 Å². The SMILES string of the molecule is Cc1ccc(COC[C@@H]2COc3ccc(C(=O)N[C@H]4CN5CCC4CC5)cc3O2)cc1. The minimum Gasteiger partial charge on any atom is -0.486 e. The number of carbonyl (C=O) groups excluding carboxylic acids is 1. The number of benzene rings is 2. The molecule has 4 aliphatic rings. The van der Waals surface area contributed by atoms with Crippen LogP contribution >= 0.6 is 0 Å². The highest BCUT2D eigenvalue weighted by Crippen LogP contribution is 2.33. The van der Waals surface area contributed by atoms with Crippen LogP contribution in [0.5, 0.6) is 11.5 Å².